The molecule has 1 aliphatic carbocycles. The third-order valence-corrected chi connectivity index (χ3v) is 12.1. The van der Waals surface area contributed by atoms with Crippen LogP contribution in [0.25, 0.3) is 65.7 Å². The van der Waals surface area contributed by atoms with Gasteiger partial charge < -0.3 is 9.64 Å². The average Bonchev–Trinajstić information content (AvgIpc) is 3.42. The van der Waals surface area contributed by atoms with Gasteiger partial charge in [0.1, 0.15) is 5.60 Å². The predicted octanol–water partition coefficient (Wildman–Crippen LogP) is 12.9. The Morgan fingerprint density at radius 2 is 1.10 bits per heavy atom. The monoisotopic (exact) mass is 645 g/mol. The quantitative estimate of drug-likeness (QED) is 0.173. The minimum absolute atomic E-state index is 0.187. The fourth-order valence-electron chi connectivity index (χ4n) is 9.81. The SMILES string of the molecule is CO[C@]12CCCCC1(C)N(c1ccccc1)c1ccc(-c3cc(-c4ccccc4)c4ccc5ccc(-c6ccccc6)c6ccc3c4c56)cc12. The average molecular weight is 646 g/mol. The first-order valence-electron chi connectivity index (χ1n) is 18.0. The zero-order chi connectivity index (χ0) is 33.5. The molecule has 2 heteroatoms. The Labute approximate surface area is 293 Å². The maximum atomic E-state index is 6.76. The van der Waals surface area contributed by atoms with Crippen LogP contribution in [0.2, 0.25) is 0 Å². The molecule has 1 unspecified atom stereocenters. The molecule has 50 heavy (non-hydrogen) atoms. The summed E-state index contributed by atoms with van der Waals surface area (Å²) >= 11 is 0. The van der Waals surface area contributed by atoms with Crippen molar-refractivity contribution < 1.29 is 4.74 Å². The summed E-state index contributed by atoms with van der Waals surface area (Å²) in [6.45, 7) is 2.43. The van der Waals surface area contributed by atoms with Crippen molar-refractivity contribution in [3.05, 3.63) is 157 Å². The van der Waals surface area contributed by atoms with Crippen molar-refractivity contribution in [3.8, 4) is 33.4 Å². The van der Waals surface area contributed by atoms with Gasteiger partial charge in [-0.2, -0.15) is 0 Å². The van der Waals surface area contributed by atoms with Gasteiger partial charge in [-0.05, 0) is 116 Å². The van der Waals surface area contributed by atoms with Crippen LogP contribution in [0.15, 0.2) is 152 Å². The number of nitrogens with zero attached hydrogens (tertiary/aromatic N) is 1. The van der Waals surface area contributed by atoms with Crippen molar-refractivity contribution in [2.24, 2.45) is 0 Å². The van der Waals surface area contributed by atoms with Gasteiger partial charge in [0.05, 0.1) is 5.54 Å². The van der Waals surface area contributed by atoms with Crippen LogP contribution >= 0.6 is 0 Å². The number of anilines is 2. The summed E-state index contributed by atoms with van der Waals surface area (Å²) in [5, 5.41) is 7.83. The molecule has 1 fully saturated rings. The van der Waals surface area contributed by atoms with Gasteiger partial charge in [-0.25, -0.2) is 0 Å². The Hall–Kier alpha value is -5.44. The molecule has 1 saturated carbocycles. The summed E-state index contributed by atoms with van der Waals surface area (Å²) in [5.41, 5.74) is 10.7. The van der Waals surface area contributed by atoms with Gasteiger partial charge in [0, 0.05) is 24.0 Å². The van der Waals surface area contributed by atoms with Crippen LogP contribution in [-0.4, -0.2) is 12.6 Å². The van der Waals surface area contributed by atoms with Crippen LogP contribution in [-0.2, 0) is 10.3 Å². The molecular formula is C48H39NO. The molecule has 0 N–H and O–H groups in total. The van der Waals surface area contributed by atoms with Crippen LogP contribution in [0.5, 0.6) is 0 Å². The van der Waals surface area contributed by atoms with Gasteiger partial charge in [0.25, 0.3) is 0 Å². The normalized spacial score (nSPS) is 20.1. The van der Waals surface area contributed by atoms with E-state index < -0.39 is 5.60 Å². The lowest BCUT2D eigenvalue weighted by Crippen LogP contribution is -2.57. The van der Waals surface area contributed by atoms with Crippen LogP contribution in [0.1, 0.15) is 38.2 Å². The molecule has 1 heterocycles. The standard InChI is InChI=1S/C48H39NO/c1-47-28-12-13-29-48(47,50-2)43-30-35(22-27-44(43)49(47)36-18-10-5-11-19-36)42-31-41(33-16-8-4-9-17-33)39-24-21-34-20-23-37(32-14-6-3-7-15-32)38-25-26-40(42)46(39)45(34)38/h3-11,14-27,30-31H,12-13,28-29H2,1-2H3/t47?,48-/m0/s1. The molecule has 242 valence electrons. The molecule has 0 amide bonds. The third kappa shape index (κ3) is 4.00. The first-order valence-corrected chi connectivity index (χ1v) is 18.0. The molecule has 1 aliphatic heterocycles. The molecule has 10 rings (SSSR count). The summed E-state index contributed by atoms with van der Waals surface area (Å²) in [5.74, 6) is 0. The molecule has 2 nitrogen and oxygen atoms in total. The van der Waals surface area contributed by atoms with E-state index in [0.29, 0.717) is 0 Å². The van der Waals surface area contributed by atoms with E-state index in [2.05, 4.69) is 163 Å². The highest BCUT2D eigenvalue weighted by Gasteiger charge is 2.61. The van der Waals surface area contributed by atoms with E-state index >= 15 is 0 Å². The van der Waals surface area contributed by atoms with E-state index in [1.807, 2.05) is 7.11 Å². The van der Waals surface area contributed by atoms with Crippen LogP contribution in [0.3, 0.4) is 0 Å². The molecule has 0 aromatic heterocycles. The largest absolute Gasteiger partial charge is 0.371 e. The van der Waals surface area contributed by atoms with E-state index in [1.54, 1.807) is 0 Å². The third-order valence-electron chi connectivity index (χ3n) is 12.1. The molecule has 2 aliphatic rings. The maximum absolute atomic E-state index is 6.76. The summed E-state index contributed by atoms with van der Waals surface area (Å²) in [6, 6.07) is 56.3. The van der Waals surface area contributed by atoms with Gasteiger partial charge >= 0.3 is 0 Å². The first-order chi connectivity index (χ1) is 24.6. The van der Waals surface area contributed by atoms with Crippen molar-refractivity contribution in [1.29, 1.82) is 0 Å². The number of rotatable bonds is 5. The van der Waals surface area contributed by atoms with E-state index in [0.717, 1.165) is 19.3 Å². The number of ether oxygens (including phenoxy) is 1. The number of hydrogen-bond acceptors (Lipinski definition) is 2. The zero-order valence-corrected chi connectivity index (χ0v) is 28.6. The number of benzene rings is 8. The summed E-state index contributed by atoms with van der Waals surface area (Å²) in [4.78, 5) is 2.58. The Kier molecular flexibility index (Phi) is 6.50. The number of para-hydroxylation sites is 1. The topological polar surface area (TPSA) is 12.5 Å². The van der Waals surface area contributed by atoms with Gasteiger partial charge in [0.2, 0.25) is 0 Å². The minimum atomic E-state index is -0.400. The van der Waals surface area contributed by atoms with Crippen molar-refractivity contribution in [1.82, 2.24) is 0 Å². The van der Waals surface area contributed by atoms with Crippen LogP contribution in [0.4, 0.5) is 11.4 Å². The Morgan fingerprint density at radius 1 is 0.520 bits per heavy atom. The molecular weight excluding hydrogens is 607 g/mol. The highest BCUT2D eigenvalue weighted by molar-refractivity contribution is 6.30. The van der Waals surface area contributed by atoms with E-state index in [-0.39, 0.29) is 5.54 Å². The predicted molar refractivity (Wildman–Crippen MR) is 211 cm³/mol. The molecule has 8 aromatic carbocycles. The molecule has 0 radical (unpaired) electrons. The van der Waals surface area contributed by atoms with Crippen molar-refractivity contribution in [2.45, 2.75) is 43.7 Å². The molecule has 0 bridgehead atoms. The summed E-state index contributed by atoms with van der Waals surface area (Å²) in [6.07, 6.45) is 4.46. The fourth-order valence-corrected chi connectivity index (χ4v) is 9.81. The summed E-state index contributed by atoms with van der Waals surface area (Å²) in [7, 11) is 1.93. The van der Waals surface area contributed by atoms with E-state index in [9.17, 15) is 0 Å². The second-order valence-corrected chi connectivity index (χ2v) is 14.5. The van der Waals surface area contributed by atoms with Crippen LogP contribution < -0.4 is 4.90 Å². The Morgan fingerprint density at radius 3 is 1.80 bits per heavy atom. The second-order valence-electron chi connectivity index (χ2n) is 14.5. The highest BCUT2D eigenvalue weighted by Crippen LogP contribution is 2.62. The zero-order valence-electron chi connectivity index (χ0n) is 28.6. The van der Waals surface area contributed by atoms with Crippen LogP contribution in [0, 0.1) is 0 Å². The van der Waals surface area contributed by atoms with Gasteiger partial charge in [-0.1, -0.05) is 134 Å². The van der Waals surface area contributed by atoms with Gasteiger partial charge in [0.15, 0.2) is 0 Å². The van der Waals surface area contributed by atoms with E-state index in [1.165, 1.54) is 89.1 Å². The van der Waals surface area contributed by atoms with Crippen molar-refractivity contribution in [2.75, 3.05) is 12.0 Å². The molecule has 8 aromatic rings. The smallest absolute Gasteiger partial charge is 0.118 e. The van der Waals surface area contributed by atoms with Crippen molar-refractivity contribution in [3.63, 3.8) is 0 Å². The highest BCUT2D eigenvalue weighted by atomic mass is 16.5. The summed E-state index contributed by atoms with van der Waals surface area (Å²) < 4.78 is 6.76. The second kappa shape index (κ2) is 11.0. The number of hydrogen-bond donors (Lipinski definition) is 0. The lowest BCUT2D eigenvalue weighted by Gasteiger charge is -2.50. The number of methoxy groups -OCH3 is 1. The van der Waals surface area contributed by atoms with Gasteiger partial charge in [-0.3, -0.25) is 0 Å². The molecule has 2 atom stereocenters. The maximum Gasteiger partial charge on any atom is 0.118 e. The lowest BCUT2D eigenvalue weighted by atomic mass is 9.68. The first kappa shape index (κ1) is 29.5. The number of fused-ring (bicyclic) bond motifs is 3. The molecule has 0 saturated heterocycles. The minimum Gasteiger partial charge on any atom is -0.371 e. The Bertz CT molecular complexity index is 2540. The van der Waals surface area contributed by atoms with Crippen molar-refractivity contribution >= 4 is 43.7 Å². The lowest BCUT2D eigenvalue weighted by molar-refractivity contribution is -0.0871. The molecule has 0 spiro atoms. The Balaban J connectivity index is 1.28. The fraction of sp³-hybridized carbons (Fsp3) is 0.167. The van der Waals surface area contributed by atoms with Gasteiger partial charge in [-0.15, -0.1) is 0 Å². The van der Waals surface area contributed by atoms with E-state index in [4.69, 9.17) is 4.74 Å².